The molecule has 1 aliphatic rings. The van der Waals surface area contributed by atoms with Crippen LogP contribution in [0.3, 0.4) is 0 Å². The summed E-state index contributed by atoms with van der Waals surface area (Å²) in [6.45, 7) is 0. The Labute approximate surface area is 109 Å². The first kappa shape index (κ1) is 13.1. The van der Waals surface area contributed by atoms with Crippen LogP contribution in [0.1, 0.15) is 56.9 Å². The van der Waals surface area contributed by atoms with Crippen LogP contribution in [0.5, 0.6) is 0 Å². The zero-order valence-corrected chi connectivity index (χ0v) is 11.1. The van der Waals surface area contributed by atoms with Crippen LogP contribution >= 0.6 is 0 Å². The summed E-state index contributed by atoms with van der Waals surface area (Å²) in [6, 6.07) is 0. The van der Waals surface area contributed by atoms with Gasteiger partial charge in [-0.25, -0.2) is 4.98 Å². The molecule has 4 N–H and O–H groups in total. The van der Waals surface area contributed by atoms with E-state index in [0.29, 0.717) is 5.82 Å². The van der Waals surface area contributed by atoms with Crippen molar-refractivity contribution in [1.82, 2.24) is 9.97 Å². The molecule has 0 aromatic carbocycles. The first-order valence-electron chi connectivity index (χ1n) is 7.12. The lowest BCUT2D eigenvalue weighted by atomic mass is 9.85. The molecule has 0 radical (unpaired) electrons. The molecular formula is C14H24N4. The lowest BCUT2D eigenvalue weighted by molar-refractivity contribution is 0.330. The van der Waals surface area contributed by atoms with Crippen molar-refractivity contribution in [1.29, 1.82) is 0 Å². The van der Waals surface area contributed by atoms with E-state index < -0.39 is 0 Å². The summed E-state index contributed by atoms with van der Waals surface area (Å²) in [4.78, 5) is 7.98. The first-order chi connectivity index (χ1) is 8.75. The molecule has 1 heterocycles. The van der Waals surface area contributed by atoms with Crippen LogP contribution < -0.4 is 11.5 Å². The fourth-order valence-electron chi connectivity index (χ4n) is 2.85. The summed E-state index contributed by atoms with van der Waals surface area (Å²) in [5, 5.41) is 0. The van der Waals surface area contributed by atoms with Crippen molar-refractivity contribution in [2.24, 2.45) is 5.92 Å². The third-order valence-corrected chi connectivity index (χ3v) is 3.95. The Balaban J connectivity index is 1.68. The minimum absolute atomic E-state index is 0.262. The number of nitrogens with two attached hydrogens (primary N) is 2. The van der Waals surface area contributed by atoms with Crippen LogP contribution in [-0.2, 0) is 6.42 Å². The molecule has 0 spiro atoms. The number of nitrogen functional groups attached to an aromatic ring is 2. The smallest absolute Gasteiger partial charge is 0.221 e. The fraction of sp³-hybridized carbons (Fsp3) is 0.714. The molecular weight excluding hydrogens is 224 g/mol. The van der Waals surface area contributed by atoms with Crippen molar-refractivity contribution in [2.45, 2.75) is 57.8 Å². The Hall–Kier alpha value is -1.32. The average Bonchev–Trinajstić information content (AvgIpc) is 2.38. The molecule has 2 rings (SSSR count). The number of anilines is 2. The van der Waals surface area contributed by atoms with Gasteiger partial charge in [0, 0.05) is 11.8 Å². The van der Waals surface area contributed by atoms with Gasteiger partial charge in [0.1, 0.15) is 5.82 Å². The number of aryl methyl sites for hydroxylation is 1. The maximum atomic E-state index is 5.82. The molecule has 1 fully saturated rings. The van der Waals surface area contributed by atoms with Gasteiger partial charge in [-0.05, 0) is 18.8 Å². The van der Waals surface area contributed by atoms with E-state index in [0.717, 1.165) is 17.9 Å². The number of rotatable bonds is 5. The predicted octanol–water partition coefficient (Wildman–Crippen LogP) is 2.93. The molecule has 4 heteroatoms. The summed E-state index contributed by atoms with van der Waals surface area (Å²) in [6.07, 6.45) is 13.7. The zero-order valence-electron chi connectivity index (χ0n) is 11.1. The van der Waals surface area contributed by atoms with Crippen molar-refractivity contribution in [3.63, 3.8) is 0 Å². The van der Waals surface area contributed by atoms with E-state index in [1.165, 1.54) is 51.4 Å². The van der Waals surface area contributed by atoms with Gasteiger partial charge in [0.05, 0.1) is 0 Å². The van der Waals surface area contributed by atoms with Gasteiger partial charge in [0.25, 0.3) is 0 Å². The van der Waals surface area contributed by atoms with E-state index >= 15 is 0 Å². The molecule has 0 aliphatic heterocycles. The zero-order chi connectivity index (χ0) is 12.8. The van der Waals surface area contributed by atoms with Crippen LogP contribution in [-0.4, -0.2) is 9.97 Å². The molecule has 0 unspecified atom stereocenters. The predicted molar refractivity (Wildman–Crippen MR) is 75.0 cm³/mol. The van der Waals surface area contributed by atoms with Crippen LogP contribution in [0.15, 0.2) is 6.20 Å². The van der Waals surface area contributed by atoms with E-state index in [2.05, 4.69) is 9.97 Å². The van der Waals surface area contributed by atoms with E-state index in [1.54, 1.807) is 6.20 Å². The van der Waals surface area contributed by atoms with Gasteiger partial charge in [0.2, 0.25) is 5.95 Å². The normalized spacial score (nSPS) is 16.9. The Kier molecular flexibility index (Phi) is 4.79. The van der Waals surface area contributed by atoms with Gasteiger partial charge in [-0.1, -0.05) is 44.9 Å². The molecule has 0 bridgehead atoms. The van der Waals surface area contributed by atoms with Crippen molar-refractivity contribution in [3.8, 4) is 0 Å². The summed E-state index contributed by atoms with van der Waals surface area (Å²) in [5.41, 5.74) is 12.3. The minimum Gasteiger partial charge on any atom is -0.383 e. The summed E-state index contributed by atoms with van der Waals surface area (Å²) in [7, 11) is 0. The third-order valence-electron chi connectivity index (χ3n) is 3.95. The second-order valence-electron chi connectivity index (χ2n) is 5.39. The van der Waals surface area contributed by atoms with Crippen molar-refractivity contribution < 1.29 is 0 Å². The van der Waals surface area contributed by atoms with Gasteiger partial charge >= 0.3 is 0 Å². The second kappa shape index (κ2) is 6.57. The Morgan fingerprint density at radius 2 is 1.89 bits per heavy atom. The van der Waals surface area contributed by atoms with E-state index in [1.807, 2.05) is 0 Å². The number of hydrogen-bond acceptors (Lipinski definition) is 4. The standard InChI is InChI=1S/C14H24N4/c15-13-12(10-17-14(16)18-13)9-5-4-8-11-6-2-1-3-7-11/h10-11H,1-9H2,(H4,15,16,17,18). The average molecular weight is 248 g/mol. The maximum Gasteiger partial charge on any atom is 0.221 e. The highest BCUT2D eigenvalue weighted by molar-refractivity contribution is 5.41. The van der Waals surface area contributed by atoms with Gasteiger partial charge in [-0.3, -0.25) is 0 Å². The molecule has 0 saturated heterocycles. The monoisotopic (exact) mass is 248 g/mol. The van der Waals surface area contributed by atoms with E-state index in [-0.39, 0.29) is 5.95 Å². The van der Waals surface area contributed by atoms with Gasteiger partial charge in [-0.15, -0.1) is 0 Å². The summed E-state index contributed by atoms with van der Waals surface area (Å²) >= 11 is 0. The quantitative estimate of drug-likeness (QED) is 0.785. The highest BCUT2D eigenvalue weighted by atomic mass is 15.0. The summed E-state index contributed by atoms with van der Waals surface area (Å²) < 4.78 is 0. The molecule has 1 saturated carbocycles. The topological polar surface area (TPSA) is 77.8 Å². The largest absolute Gasteiger partial charge is 0.383 e. The van der Waals surface area contributed by atoms with E-state index in [9.17, 15) is 0 Å². The third kappa shape index (κ3) is 3.86. The number of nitrogens with zero attached hydrogens (tertiary/aromatic N) is 2. The Morgan fingerprint density at radius 1 is 1.11 bits per heavy atom. The van der Waals surface area contributed by atoms with Crippen molar-refractivity contribution in [3.05, 3.63) is 11.8 Å². The van der Waals surface area contributed by atoms with Gasteiger partial charge in [-0.2, -0.15) is 4.98 Å². The van der Waals surface area contributed by atoms with Crippen LogP contribution in [0.25, 0.3) is 0 Å². The summed E-state index contributed by atoms with van der Waals surface area (Å²) in [5.74, 6) is 1.78. The highest BCUT2D eigenvalue weighted by Gasteiger charge is 2.12. The second-order valence-corrected chi connectivity index (χ2v) is 5.39. The molecule has 4 nitrogen and oxygen atoms in total. The molecule has 100 valence electrons. The van der Waals surface area contributed by atoms with Gasteiger partial charge in [0.15, 0.2) is 0 Å². The molecule has 0 atom stereocenters. The molecule has 0 amide bonds. The SMILES string of the molecule is Nc1ncc(CCCCC2CCCCC2)c(N)n1. The first-order valence-corrected chi connectivity index (χ1v) is 7.12. The Morgan fingerprint density at radius 3 is 2.61 bits per heavy atom. The minimum atomic E-state index is 0.262. The van der Waals surface area contributed by atoms with Crippen molar-refractivity contribution >= 4 is 11.8 Å². The fourth-order valence-corrected chi connectivity index (χ4v) is 2.85. The maximum absolute atomic E-state index is 5.82. The van der Waals surface area contributed by atoms with Crippen LogP contribution in [0, 0.1) is 5.92 Å². The Bertz CT molecular complexity index is 372. The number of aromatic nitrogens is 2. The molecule has 1 aromatic rings. The van der Waals surface area contributed by atoms with Crippen LogP contribution in [0.2, 0.25) is 0 Å². The highest BCUT2D eigenvalue weighted by Crippen LogP contribution is 2.28. The van der Waals surface area contributed by atoms with E-state index in [4.69, 9.17) is 11.5 Å². The van der Waals surface area contributed by atoms with Crippen LogP contribution in [0.4, 0.5) is 11.8 Å². The number of hydrogen-bond donors (Lipinski definition) is 2. The molecule has 18 heavy (non-hydrogen) atoms. The molecule has 1 aliphatic carbocycles. The molecule has 1 aromatic heterocycles. The lowest BCUT2D eigenvalue weighted by Gasteiger charge is -2.21. The number of unbranched alkanes of at least 4 members (excludes halogenated alkanes) is 1. The lowest BCUT2D eigenvalue weighted by Crippen LogP contribution is -2.06. The van der Waals surface area contributed by atoms with Gasteiger partial charge < -0.3 is 11.5 Å². The van der Waals surface area contributed by atoms with Crippen molar-refractivity contribution in [2.75, 3.05) is 11.5 Å².